The second-order valence-corrected chi connectivity index (χ2v) is 7.96. The van der Waals surface area contributed by atoms with Crippen LogP contribution in [-0.2, 0) is 16.4 Å². The third kappa shape index (κ3) is 4.81. The van der Waals surface area contributed by atoms with Gasteiger partial charge in [-0.05, 0) is 36.2 Å². The third-order valence-corrected chi connectivity index (χ3v) is 6.43. The van der Waals surface area contributed by atoms with Crippen LogP contribution in [0.4, 0.5) is 11.4 Å². The first-order valence-electron chi connectivity index (χ1n) is 8.69. The van der Waals surface area contributed by atoms with Crippen molar-refractivity contribution in [1.29, 1.82) is 0 Å². The molecule has 8 nitrogen and oxygen atoms in total. The van der Waals surface area contributed by atoms with Crippen LogP contribution >= 0.6 is 0 Å². The van der Waals surface area contributed by atoms with Gasteiger partial charge in [-0.15, -0.1) is 0 Å². The Morgan fingerprint density at radius 3 is 2.30 bits per heavy atom. The van der Waals surface area contributed by atoms with Crippen LogP contribution in [0.1, 0.15) is 19.4 Å². The molecule has 0 N–H and O–H groups in total. The summed E-state index contributed by atoms with van der Waals surface area (Å²) >= 11 is 0. The first-order chi connectivity index (χ1) is 12.8. The summed E-state index contributed by atoms with van der Waals surface area (Å²) < 4.78 is 26.6. The lowest BCUT2D eigenvalue weighted by atomic mass is 10.2. The molecule has 0 aliphatic carbocycles. The molecule has 0 saturated heterocycles. The Morgan fingerprint density at radius 2 is 1.74 bits per heavy atom. The number of benzene rings is 1. The number of nitro groups is 1. The van der Waals surface area contributed by atoms with E-state index in [1.54, 1.807) is 38.2 Å². The molecule has 0 bridgehead atoms. The molecule has 1 aromatic heterocycles. The molecule has 2 rings (SSSR count). The number of nitrogens with zero attached hydrogens (tertiary/aromatic N) is 4. The largest absolute Gasteiger partial charge is 0.369 e. The van der Waals surface area contributed by atoms with Gasteiger partial charge in [-0.25, -0.2) is 8.42 Å². The summed E-state index contributed by atoms with van der Waals surface area (Å²) in [6.07, 6.45) is 4.09. The van der Waals surface area contributed by atoms with Gasteiger partial charge in [-0.3, -0.25) is 15.1 Å². The van der Waals surface area contributed by atoms with E-state index in [0.717, 1.165) is 11.6 Å². The number of nitro benzene ring substituents is 1. The highest BCUT2D eigenvalue weighted by molar-refractivity contribution is 7.89. The summed E-state index contributed by atoms with van der Waals surface area (Å²) in [5.74, 6) is 0. The zero-order chi connectivity index (χ0) is 20.0. The van der Waals surface area contributed by atoms with Crippen molar-refractivity contribution in [2.75, 3.05) is 31.6 Å². The van der Waals surface area contributed by atoms with E-state index in [9.17, 15) is 18.5 Å². The highest BCUT2D eigenvalue weighted by atomic mass is 32.2. The van der Waals surface area contributed by atoms with Crippen LogP contribution in [0.2, 0.25) is 0 Å². The first kappa shape index (κ1) is 20.8. The first-order valence-corrected chi connectivity index (χ1v) is 10.1. The molecule has 146 valence electrons. The van der Waals surface area contributed by atoms with Gasteiger partial charge in [0, 0.05) is 45.1 Å². The molecule has 0 amide bonds. The summed E-state index contributed by atoms with van der Waals surface area (Å²) in [6.45, 7) is 4.63. The van der Waals surface area contributed by atoms with Crippen LogP contribution in [0.15, 0.2) is 47.6 Å². The highest BCUT2D eigenvalue weighted by Gasteiger charge is 2.26. The smallest absolute Gasteiger partial charge is 0.293 e. The molecule has 2 aromatic rings. The maximum Gasteiger partial charge on any atom is 0.293 e. The van der Waals surface area contributed by atoms with E-state index in [1.807, 2.05) is 12.1 Å². The molecule has 0 fully saturated rings. The molecule has 0 radical (unpaired) electrons. The average Bonchev–Trinajstić information content (AvgIpc) is 2.67. The van der Waals surface area contributed by atoms with Gasteiger partial charge in [-0.2, -0.15) is 4.31 Å². The Kier molecular flexibility index (Phi) is 6.86. The summed E-state index contributed by atoms with van der Waals surface area (Å²) in [4.78, 5) is 16.7. The lowest BCUT2D eigenvalue weighted by Gasteiger charge is -2.21. The van der Waals surface area contributed by atoms with Crippen LogP contribution < -0.4 is 4.90 Å². The monoisotopic (exact) mass is 392 g/mol. The number of hydrogen-bond donors (Lipinski definition) is 0. The number of hydrogen-bond acceptors (Lipinski definition) is 6. The van der Waals surface area contributed by atoms with Crippen molar-refractivity contribution < 1.29 is 13.3 Å². The molecule has 0 saturated carbocycles. The predicted molar refractivity (Wildman–Crippen MR) is 104 cm³/mol. The molecule has 1 aromatic carbocycles. The van der Waals surface area contributed by atoms with Gasteiger partial charge in [0.1, 0.15) is 5.69 Å². The van der Waals surface area contributed by atoms with E-state index in [4.69, 9.17) is 0 Å². The highest BCUT2D eigenvalue weighted by Crippen LogP contribution is 2.31. The maximum absolute atomic E-state index is 12.6. The molecule has 0 atom stereocenters. The number of anilines is 1. The molecule has 0 spiro atoms. The van der Waals surface area contributed by atoms with Gasteiger partial charge in [-0.1, -0.05) is 13.8 Å². The molecular weight excluding hydrogens is 368 g/mol. The molecule has 0 aliphatic rings. The number of likely N-dealkylation sites (N-methyl/N-ethyl adjacent to an activating group) is 1. The van der Waals surface area contributed by atoms with Crippen LogP contribution in [0.5, 0.6) is 0 Å². The molecule has 1 heterocycles. The Labute approximate surface area is 159 Å². The predicted octanol–water partition coefficient (Wildman–Crippen LogP) is 2.70. The number of rotatable bonds is 9. The number of aromatic nitrogens is 1. The Bertz CT molecular complexity index is 883. The van der Waals surface area contributed by atoms with Crippen molar-refractivity contribution in [2.45, 2.75) is 25.2 Å². The fourth-order valence-corrected chi connectivity index (χ4v) is 4.29. The minimum absolute atomic E-state index is 0.0656. The Morgan fingerprint density at radius 1 is 1.11 bits per heavy atom. The molecule has 9 heteroatoms. The van der Waals surface area contributed by atoms with Crippen LogP contribution in [0, 0.1) is 10.1 Å². The minimum atomic E-state index is -3.75. The second-order valence-electron chi connectivity index (χ2n) is 6.02. The Hall–Kier alpha value is -2.52. The zero-order valence-electron chi connectivity index (χ0n) is 15.7. The van der Waals surface area contributed by atoms with Crippen LogP contribution in [0.25, 0.3) is 0 Å². The number of pyridine rings is 1. The van der Waals surface area contributed by atoms with E-state index in [1.165, 1.54) is 16.4 Å². The summed E-state index contributed by atoms with van der Waals surface area (Å²) in [5.41, 5.74) is 1.23. The summed E-state index contributed by atoms with van der Waals surface area (Å²) in [5, 5.41) is 11.6. The van der Waals surface area contributed by atoms with Crippen molar-refractivity contribution in [3.05, 3.63) is 58.4 Å². The quantitative estimate of drug-likeness (QED) is 0.481. The van der Waals surface area contributed by atoms with Gasteiger partial charge in [0.25, 0.3) is 5.69 Å². The van der Waals surface area contributed by atoms with Gasteiger partial charge in [0.05, 0.1) is 9.82 Å². The molecular formula is C18H24N4O4S. The number of sulfonamides is 1. The maximum atomic E-state index is 12.6. The van der Waals surface area contributed by atoms with Crippen molar-refractivity contribution in [3.63, 3.8) is 0 Å². The average molecular weight is 392 g/mol. The summed E-state index contributed by atoms with van der Waals surface area (Å²) in [6, 6.07) is 7.86. The van der Waals surface area contributed by atoms with Crippen LogP contribution in [0.3, 0.4) is 0 Å². The molecule has 0 unspecified atom stereocenters. The van der Waals surface area contributed by atoms with E-state index in [2.05, 4.69) is 4.98 Å². The Balaban J connectivity index is 2.31. The van der Waals surface area contributed by atoms with Crippen molar-refractivity contribution in [2.24, 2.45) is 0 Å². The molecule has 27 heavy (non-hydrogen) atoms. The summed E-state index contributed by atoms with van der Waals surface area (Å²) in [7, 11) is -2.00. The van der Waals surface area contributed by atoms with Gasteiger partial charge in [0.15, 0.2) is 0 Å². The van der Waals surface area contributed by atoms with E-state index in [0.29, 0.717) is 31.7 Å². The van der Waals surface area contributed by atoms with E-state index < -0.39 is 14.9 Å². The fraction of sp³-hybridized carbons (Fsp3) is 0.389. The van der Waals surface area contributed by atoms with Crippen molar-refractivity contribution in [3.8, 4) is 0 Å². The minimum Gasteiger partial charge on any atom is -0.369 e. The third-order valence-electron chi connectivity index (χ3n) is 4.38. The fourth-order valence-electron chi connectivity index (χ4n) is 2.81. The lowest BCUT2D eigenvalue weighted by Crippen LogP contribution is -2.30. The standard InChI is InChI=1S/C18H24N4O4S/c1-4-21(5-2)27(25,26)16-6-7-17(18(14-16)22(23)24)20(3)13-10-15-8-11-19-12-9-15/h6-9,11-12,14H,4-5,10,13H2,1-3H3. The van der Waals surface area contributed by atoms with Crippen LogP contribution in [-0.4, -0.2) is 49.3 Å². The SMILES string of the molecule is CCN(CC)S(=O)(=O)c1ccc(N(C)CCc2ccncc2)c([N+](=O)[O-])c1. The molecule has 0 aliphatic heterocycles. The lowest BCUT2D eigenvalue weighted by molar-refractivity contribution is -0.384. The van der Waals surface area contributed by atoms with Gasteiger partial charge < -0.3 is 4.90 Å². The normalized spacial score (nSPS) is 11.6. The van der Waals surface area contributed by atoms with E-state index >= 15 is 0 Å². The van der Waals surface area contributed by atoms with Crippen molar-refractivity contribution in [1.82, 2.24) is 9.29 Å². The van der Waals surface area contributed by atoms with E-state index in [-0.39, 0.29) is 10.6 Å². The van der Waals surface area contributed by atoms with Gasteiger partial charge >= 0.3 is 0 Å². The van der Waals surface area contributed by atoms with Gasteiger partial charge in [0.2, 0.25) is 10.0 Å². The topological polar surface area (TPSA) is 96.7 Å². The zero-order valence-corrected chi connectivity index (χ0v) is 16.5. The second kappa shape index (κ2) is 8.92. The van der Waals surface area contributed by atoms with Crippen molar-refractivity contribution >= 4 is 21.4 Å².